The summed E-state index contributed by atoms with van der Waals surface area (Å²) in [6.07, 6.45) is 1.65. The fourth-order valence-electron chi connectivity index (χ4n) is 3.37. The number of rotatable bonds is 12. The van der Waals surface area contributed by atoms with E-state index in [-0.39, 0.29) is 25.4 Å². The third-order valence-electron chi connectivity index (χ3n) is 4.54. The predicted octanol–water partition coefficient (Wildman–Crippen LogP) is 0.860. The van der Waals surface area contributed by atoms with Gasteiger partial charge in [-0.05, 0) is 13.3 Å². The zero-order chi connectivity index (χ0) is 23.2. The van der Waals surface area contributed by atoms with Crippen LogP contribution in [0.1, 0.15) is 13.3 Å². The van der Waals surface area contributed by atoms with E-state index < -0.39 is 40.8 Å². The fraction of sp³-hybridized carbons (Fsp3) is 0.474. The summed E-state index contributed by atoms with van der Waals surface area (Å²) in [6, 6.07) is 0. The Morgan fingerprint density at radius 1 is 1.35 bits per heavy atom. The molecule has 0 aromatic rings. The first-order valence-corrected chi connectivity index (χ1v) is 11.2. The molecule has 1 saturated heterocycles. The van der Waals surface area contributed by atoms with Gasteiger partial charge in [-0.3, -0.25) is 14.5 Å². The van der Waals surface area contributed by atoms with Gasteiger partial charge in [-0.2, -0.15) is 0 Å². The number of carboxylic acid groups (broad SMARTS) is 1. The van der Waals surface area contributed by atoms with Crippen molar-refractivity contribution in [2.75, 3.05) is 25.4 Å². The van der Waals surface area contributed by atoms with Crippen molar-refractivity contribution in [1.29, 1.82) is 0 Å². The lowest BCUT2D eigenvalue weighted by atomic mass is 9.80. The standard InChI is InChI=1S/C19H25N3O7S2/c1-4-6-19-13(11(3)23)15(25)22(19)14(16(26)27)17(31-19)30-9-7-20-12(24)10-21-18(28)29-8-5-2/h4-5,11,13,23H,1-2,6-10H2,3H3,(H,20,24)(H,21,28)(H,26,27)/t11?,13-,19+/m0/s1. The second-order valence-electron chi connectivity index (χ2n) is 6.71. The molecule has 4 N–H and O–H groups in total. The molecule has 0 aliphatic carbocycles. The van der Waals surface area contributed by atoms with E-state index in [1.807, 2.05) is 0 Å². The van der Waals surface area contributed by atoms with E-state index in [0.717, 1.165) is 0 Å². The van der Waals surface area contributed by atoms with Gasteiger partial charge < -0.3 is 25.6 Å². The van der Waals surface area contributed by atoms with E-state index in [1.54, 1.807) is 6.08 Å². The molecule has 0 saturated carbocycles. The smallest absolute Gasteiger partial charge is 0.407 e. The fourth-order valence-corrected chi connectivity index (χ4v) is 6.48. The average molecular weight is 472 g/mol. The Labute approximate surface area is 188 Å². The largest absolute Gasteiger partial charge is 0.477 e. The van der Waals surface area contributed by atoms with E-state index in [9.17, 15) is 29.4 Å². The second-order valence-corrected chi connectivity index (χ2v) is 9.39. The molecule has 0 aromatic carbocycles. The van der Waals surface area contributed by atoms with E-state index in [4.69, 9.17) is 0 Å². The maximum atomic E-state index is 12.5. The number of carboxylic acids is 1. The molecule has 3 amide bonds. The number of nitrogens with one attached hydrogen (secondary N) is 2. The summed E-state index contributed by atoms with van der Waals surface area (Å²) in [4.78, 5) is 47.8. The third-order valence-corrected chi connectivity index (χ3v) is 7.34. The number of amides is 3. The van der Waals surface area contributed by atoms with Gasteiger partial charge in [0.05, 0.1) is 22.8 Å². The number of nitrogens with zero attached hydrogens (tertiary/aromatic N) is 1. The van der Waals surface area contributed by atoms with Crippen molar-refractivity contribution in [3.63, 3.8) is 0 Å². The molecule has 1 unspecified atom stereocenters. The number of ether oxygens (including phenoxy) is 1. The lowest BCUT2D eigenvalue weighted by molar-refractivity contribution is -0.166. The molecule has 0 bridgehead atoms. The third kappa shape index (κ3) is 5.25. The molecular weight excluding hydrogens is 446 g/mol. The number of thioether (sulfide) groups is 2. The Balaban J connectivity index is 1.93. The van der Waals surface area contributed by atoms with E-state index in [2.05, 4.69) is 28.5 Å². The van der Waals surface area contributed by atoms with Crippen LogP contribution in [0.15, 0.2) is 35.2 Å². The summed E-state index contributed by atoms with van der Waals surface area (Å²) in [5.41, 5.74) is -0.114. The van der Waals surface area contributed by atoms with Crippen molar-refractivity contribution in [3.8, 4) is 0 Å². The number of hydrogen-bond donors (Lipinski definition) is 4. The van der Waals surface area contributed by atoms with Crippen molar-refractivity contribution in [3.05, 3.63) is 35.2 Å². The van der Waals surface area contributed by atoms with Crippen molar-refractivity contribution >= 4 is 47.4 Å². The first kappa shape index (κ1) is 24.8. The van der Waals surface area contributed by atoms with Crippen molar-refractivity contribution in [2.45, 2.75) is 24.3 Å². The lowest BCUT2D eigenvalue weighted by Crippen LogP contribution is -2.69. The van der Waals surface area contributed by atoms with Crippen molar-refractivity contribution in [2.24, 2.45) is 5.92 Å². The van der Waals surface area contributed by atoms with E-state index in [0.29, 0.717) is 16.4 Å². The molecule has 170 valence electrons. The van der Waals surface area contributed by atoms with Gasteiger partial charge in [0.2, 0.25) is 11.8 Å². The number of aliphatic hydroxyl groups excluding tert-OH is 1. The summed E-state index contributed by atoms with van der Waals surface area (Å²) >= 11 is 2.43. The molecule has 1 fully saturated rings. The molecular formula is C19H25N3O7S2. The van der Waals surface area contributed by atoms with Crippen LogP contribution in [0.5, 0.6) is 0 Å². The van der Waals surface area contributed by atoms with Crippen molar-refractivity contribution in [1.82, 2.24) is 15.5 Å². The number of aliphatic hydroxyl groups is 1. The van der Waals surface area contributed by atoms with Gasteiger partial charge in [0.1, 0.15) is 11.5 Å². The SMILES string of the molecule is C=CCOC(=O)NCC(=O)NCCSC1=C(C(=O)O)N2C(=O)[C@H](C(C)O)[C@@]2(CC=C)S1. The number of β-lactam (4-membered cyclic amide) rings is 1. The van der Waals surface area contributed by atoms with Gasteiger partial charge >= 0.3 is 12.1 Å². The zero-order valence-electron chi connectivity index (χ0n) is 17.0. The minimum absolute atomic E-state index is 0.0333. The number of fused-ring (bicyclic) bond motifs is 1. The van der Waals surface area contributed by atoms with Crippen molar-refractivity contribution < 1.29 is 34.1 Å². The van der Waals surface area contributed by atoms with Gasteiger partial charge in [0.25, 0.3) is 0 Å². The molecule has 2 aliphatic rings. The minimum atomic E-state index is -1.23. The molecule has 10 nitrogen and oxygen atoms in total. The topological polar surface area (TPSA) is 145 Å². The number of aliphatic carboxylic acids is 1. The summed E-state index contributed by atoms with van der Waals surface area (Å²) in [6.45, 7) is 8.59. The van der Waals surface area contributed by atoms with E-state index in [1.165, 1.54) is 41.4 Å². The van der Waals surface area contributed by atoms with Gasteiger partial charge in [-0.1, -0.05) is 30.5 Å². The maximum absolute atomic E-state index is 12.5. The Morgan fingerprint density at radius 2 is 2.06 bits per heavy atom. The van der Waals surface area contributed by atoms with Crippen LogP contribution in [0.3, 0.4) is 0 Å². The lowest BCUT2D eigenvalue weighted by Gasteiger charge is -2.54. The zero-order valence-corrected chi connectivity index (χ0v) is 18.6. The Bertz CT molecular complexity index is 814. The number of carbonyl (C=O) groups excluding carboxylic acids is 3. The molecule has 12 heteroatoms. The first-order valence-electron chi connectivity index (χ1n) is 9.40. The van der Waals surface area contributed by atoms with Crippen LogP contribution < -0.4 is 10.6 Å². The Hall–Kier alpha value is -2.44. The molecule has 0 spiro atoms. The van der Waals surface area contributed by atoms with Crippen LogP contribution in [-0.4, -0.2) is 75.4 Å². The highest BCUT2D eigenvalue weighted by atomic mass is 32.2. The molecule has 2 heterocycles. The van der Waals surface area contributed by atoms with Crippen LogP contribution in [-0.2, 0) is 19.1 Å². The highest BCUT2D eigenvalue weighted by molar-refractivity contribution is 8.23. The first-order chi connectivity index (χ1) is 14.7. The Kier molecular flexibility index (Phi) is 8.60. The summed E-state index contributed by atoms with van der Waals surface area (Å²) in [7, 11) is 0. The number of alkyl carbamates (subject to hydrolysis) is 1. The number of hydrogen-bond acceptors (Lipinski definition) is 8. The van der Waals surface area contributed by atoms with Gasteiger partial charge in [-0.25, -0.2) is 9.59 Å². The second kappa shape index (κ2) is 10.7. The highest BCUT2D eigenvalue weighted by Gasteiger charge is 2.67. The monoisotopic (exact) mass is 471 g/mol. The Morgan fingerprint density at radius 3 is 2.65 bits per heavy atom. The van der Waals surface area contributed by atoms with Gasteiger partial charge in [0, 0.05) is 12.3 Å². The molecule has 2 rings (SSSR count). The number of carbonyl (C=O) groups is 4. The van der Waals surface area contributed by atoms with Crippen LogP contribution in [0.2, 0.25) is 0 Å². The van der Waals surface area contributed by atoms with Crippen LogP contribution in [0.4, 0.5) is 4.79 Å². The highest BCUT2D eigenvalue weighted by Crippen LogP contribution is 2.62. The normalized spacial score (nSPS) is 22.8. The average Bonchev–Trinajstić information content (AvgIpc) is 2.97. The molecule has 3 atom stereocenters. The summed E-state index contributed by atoms with van der Waals surface area (Å²) in [5.74, 6) is -2.48. The summed E-state index contributed by atoms with van der Waals surface area (Å²) < 4.78 is 5.12. The van der Waals surface area contributed by atoms with Crippen LogP contribution in [0.25, 0.3) is 0 Å². The molecule has 31 heavy (non-hydrogen) atoms. The van der Waals surface area contributed by atoms with Gasteiger partial charge in [0.15, 0.2) is 5.70 Å². The van der Waals surface area contributed by atoms with Gasteiger partial charge in [-0.15, -0.1) is 18.3 Å². The minimum Gasteiger partial charge on any atom is -0.477 e. The van der Waals surface area contributed by atoms with Crippen LogP contribution >= 0.6 is 23.5 Å². The molecule has 2 aliphatic heterocycles. The predicted molar refractivity (Wildman–Crippen MR) is 117 cm³/mol. The van der Waals surface area contributed by atoms with Crippen LogP contribution in [0, 0.1) is 5.92 Å². The molecule has 0 aromatic heterocycles. The summed E-state index contributed by atoms with van der Waals surface area (Å²) in [5, 5.41) is 24.6. The van der Waals surface area contributed by atoms with E-state index >= 15 is 0 Å². The maximum Gasteiger partial charge on any atom is 0.407 e. The molecule has 0 radical (unpaired) electrons. The quantitative estimate of drug-likeness (QED) is 0.185.